The summed E-state index contributed by atoms with van der Waals surface area (Å²) in [5.74, 6) is -0.365. The molecule has 2 aromatic carbocycles. The van der Waals surface area contributed by atoms with Crippen molar-refractivity contribution in [2.45, 2.75) is 19.4 Å². The molecule has 0 unspecified atom stereocenters. The summed E-state index contributed by atoms with van der Waals surface area (Å²) in [5, 5.41) is 2.38. The maximum atomic E-state index is 13.1. The van der Waals surface area contributed by atoms with Crippen LogP contribution in [-0.2, 0) is 16.1 Å². The number of esters is 1. The molecule has 7 heteroatoms. The van der Waals surface area contributed by atoms with Crippen LogP contribution in [0.2, 0.25) is 0 Å². The second kappa shape index (κ2) is 8.51. The van der Waals surface area contributed by atoms with E-state index in [2.05, 4.69) is 9.72 Å². The van der Waals surface area contributed by atoms with Gasteiger partial charge in [-0.25, -0.2) is 4.79 Å². The average molecular weight is 420 g/mol. The van der Waals surface area contributed by atoms with E-state index in [1.807, 2.05) is 60.0 Å². The van der Waals surface area contributed by atoms with Crippen molar-refractivity contribution < 1.29 is 9.53 Å². The maximum Gasteiger partial charge on any atom is 0.329 e. The summed E-state index contributed by atoms with van der Waals surface area (Å²) >= 11 is 1.34. The maximum absolute atomic E-state index is 13.1. The molecule has 6 nitrogen and oxygen atoms in total. The zero-order chi connectivity index (χ0) is 21.1. The number of ether oxygens (including phenoxy) is 1. The molecule has 4 rings (SSSR count). The number of fused-ring (bicyclic) bond motifs is 1. The van der Waals surface area contributed by atoms with E-state index in [0.717, 1.165) is 26.8 Å². The molecule has 0 aliphatic carbocycles. The number of rotatable bonds is 6. The van der Waals surface area contributed by atoms with E-state index in [1.165, 1.54) is 18.4 Å². The molecule has 0 amide bonds. The van der Waals surface area contributed by atoms with E-state index < -0.39 is 5.69 Å². The molecule has 2 aromatic heterocycles. The summed E-state index contributed by atoms with van der Waals surface area (Å²) < 4.78 is 5.77. The Labute approximate surface area is 176 Å². The van der Waals surface area contributed by atoms with Crippen LogP contribution in [0.1, 0.15) is 12.8 Å². The highest BCUT2D eigenvalue weighted by Gasteiger charge is 2.15. The number of H-pyrrole nitrogens is 1. The van der Waals surface area contributed by atoms with Gasteiger partial charge in [-0.1, -0.05) is 54.6 Å². The first-order valence-electron chi connectivity index (χ1n) is 9.55. The Morgan fingerprint density at radius 2 is 1.67 bits per heavy atom. The van der Waals surface area contributed by atoms with Crippen LogP contribution in [-0.4, -0.2) is 22.6 Å². The predicted octanol–water partition coefficient (Wildman–Crippen LogP) is 4.04. The molecular weight excluding hydrogens is 400 g/mol. The molecule has 0 aliphatic heterocycles. The van der Waals surface area contributed by atoms with Gasteiger partial charge in [0.1, 0.15) is 4.83 Å². The van der Waals surface area contributed by atoms with Crippen LogP contribution in [0.25, 0.3) is 32.5 Å². The van der Waals surface area contributed by atoms with Gasteiger partial charge in [0.25, 0.3) is 5.56 Å². The molecule has 30 heavy (non-hydrogen) atoms. The molecule has 0 aliphatic rings. The lowest BCUT2D eigenvalue weighted by Gasteiger charge is -2.07. The molecule has 0 bridgehead atoms. The minimum atomic E-state index is -0.467. The summed E-state index contributed by atoms with van der Waals surface area (Å²) in [5.41, 5.74) is 3.10. The third-order valence-corrected chi connectivity index (χ3v) is 5.90. The molecule has 4 aromatic rings. The highest BCUT2D eigenvalue weighted by Crippen LogP contribution is 2.31. The summed E-state index contributed by atoms with van der Waals surface area (Å²) in [7, 11) is 1.31. The van der Waals surface area contributed by atoms with Crippen molar-refractivity contribution in [1.82, 2.24) is 9.55 Å². The first-order chi connectivity index (χ1) is 14.6. The second-order valence-electron chi connectivity index (χ2n) is 6.86. The van der Waals surface area contributed by atoms with Crippen LogP contribution in [0.5, 0.6) is 0 Å². The van der Waals surface area contributed by atoms with Crippen LogP contribution in [0.3, 0.4) is 0 Å². The Bertz CT molecular complexity index is 1300. The fourth-order valence-corrected chi connectivity index (χ4v) is 4.38. The fourth-order valence-electron chi connectivity index (χ4n) is 3.43. The van der Waals surface area contributed by atoms with Crippen LogP contribution in [0.4, 0.5) is 0 Å². The number of nitrogens with zero attached hydrogens (tertiary/aromatic N) is 1. The van der Waals surface area contributed by atoms with Crippen molar-refractivity contribution in [2.75, 3.05) is 7.11 Å². The Hall–Kier alpha value is -3.45. The standard InChI is InChI=1S/C23H20N2O4S/c1-29-19(26)8-5-13-25-22(27)20-18(14-30-21(20)24-23(25)28)17-11-9-16(10-12-17)15-6-3-2-4-7-15/h2-4,6-7,9-12,14H,5,8,13H2,1H3,(H,24,28). The topological polar surface area (TPSA) is 81.2 Å². The number of thiophene rings is 1. The predicted molar refractivity (Wildman–Crippen MR) is 119 cm³/mol. The SMILES string of the molecule is COC(=O)CCCn1c(=O)[nH]c2scc(-c3ccc(-c4ccccc4)cc3)c2c1=O. The van der Waals surface area contributed by atoms with Gasteiger partial charge in [-0.15, -0.1) is 11.3 Å². The molecule has 0 spiro atoms. The first kappa shape index (κ1) is 19.8. The largest absolute Gasteiger partial charge is 0.469 e. The van der Waals surface area contributed by atoms with E-state index in [1.54, 1.807) is 0 Å². The molecule has 0 fully saturated rings. The quantitative estimate of drug-likeness (QED) is 0.478. The third-order valence-electron chi connectivity index (χ3n) is 5.01. The summed E-state index contributed by atoms with van der Waals surface area (Å²) in [4.78, 5) is 40.1. The number of aromatic nitrogens is 2. The Morgan fingerprint density at radius 1 is 1.00 bits per heavy atom. The van der Waals surface area contributed by atoms with E-state index in [0.29, 0.717) is 16.6 Å². The molecule has 0 radical (unpaired) electrons. The lowest BCUT2D eigenvalue weighted by molar-refractivity contribution is -0.140. The first-order valence-corrected chi connectivity index (χ1v) is 10.4. The van der Waals surface area contributed by atoms with E-state index in [9.17, 15) is 14.4 Å². The van der Waals surface area contributed by atoms with Crippen molar-refractivity contribution in [2.24, 2.45) is 0 Å². The zero-order valence-corrected chi connectivity index (χ0v) is 17.2. The second-order valence-corrected chi connectivity index (χ2v) is 7.74. The van der Waals surface area contributed by atoms with Gasteiger partial charge in [-0.3, -0.25) is 19.1 Å². The monoisotopic (exact) mass is 420 g/mol. The van der Waals surface area contributed by atoms with Gasteiger partial charge in [-0.2, -0.15) is 0 Å². The fraction of sp³-hybridized carbons (Fsp3) is 0.174. The molecule has 0 saturated carbocycles. The zero-order valence-electron chi connectivity index (χ0n) is 16.4. The smallest absolute Gasteiger partial charge is 0.329 e. The summed E-state index contributed by atoms with van der Waals surface area (Å²) in [6.45, 7) is 0.154. The van der Waals surface area contributed by atoms with Gasteiger partial charge in [-0.05, 0) is 23.1 Å². The summed E-state index contributed by atoms with van der Waals surface area (Å²) in [6, 6.07) is 18.1. The third kappa shape index (κ3) is 3.84. The highest BCUT2D eigenvalue weighted by molar-refractivity contribution is 7.17. The number of carbonyl (C=O) groups is 1. The van der Waals surface area contributed by atoms with Crippen molar-refractivity contribution in [3.05, 3.63) is 80.8 Å². The molecule has 1 N–H and O–H groups in total. The highest BCUT2D eigenvalue weighted by atomic mass is 32.1. The van der Waals surface area contributed by atoms with Crippen LogP contribution >= 0.6 is 11.3 Å². The molecule has 0 atom stereocenters. The van der Waals surface area contributed by atoms with Crippen LogP contribution in [0.15, 0.2) is 69.6 Å². The van der Waals surface area contributed by atoms with Crippen LogP contribution in [0, 0.1) is 0 Å². The number of nitrogens with one attached hydrogen (secondary N) is 1. The number of aromatic amines is 1. The minimum Gasteiger partial charge on any atom is -0.469 e. The molecule has 152 valence electrons. The van der Waals surface area contributed by atoms with Crippen LogP contribution < -0.4 is 11.2 Å². The van der Waals surface area contributed by atoms with Crippen molar-refractivity contribution in [3.8, 4) is 22.3 Å². The number of carbonyl (C=O) groups excluding carboxylic acids is 1. The van der Waals surface area contributed by atoms with E-state index >= 15 is 0 Å². The Balaban J connectivity index is 1.70. The van der Waals surface area contributed by atoms with Gasteiger partial charge >= 0.3 is 11.7 Å². The molecule has 2 heterocycles. The number of hydrogen-bond acceptors (Lipinski definition) is 5. The lowest BCUT2D eigenvalue weighted by atomic mass is 10.0. The normalized spacial score (nSPS) is 11.0. The van der Waals surface area contributed by atoms with Gasteiger partial charge in [0.05, 0.1) is 12.5 Å². The average Bonchev–Trinajstić information content (AvgIpc) is 3.20. The molecular formula is C23H20N2O4S. The van der Waals surface area contributed by atoms with Crippen molar-refractivity contribution in [3.63, 3.8) is 0 Å². The number of hydrogen-bond donors (Lipinski definition) is 1. The van der Waals surface area contributed by atoms with Crippen molar-refractivity contribution in [1.29, 1.82) is 0 Å². The minimum absolute atomic E-state index is 0.151. The van der Waals surface area contributed by atoms with E-state index in [4.69, 9.17) is 0 Å². The summed E-state index contributed by atoms with van der Waals surface area (Å²) in [6.07, 6.45) is 0.504. The van der Waals surface area contributed by atoms with Gasteiger partial charge in [0.15, 0.2) is 0 Å². The number of benzene rings is 2. The van der Waals surface area contributed by atoms with Gasteiger partial charge < -0.3 is 4.74 Å². The van der Waals surface area contributed by atoms with E-state index in [-0.39, 0.29) is 24.5 Å². The lowest BCUT2D eigenvalue weighted by Crippen LogP contribution is -2.35. The van der Waals surface area contributed by atoms with Crippen molar-refractivity contribution >= 4 is 27.5 Å². The Morgan fingerprint density at radius 3 is 2.37 bits per heavy atom. The van der Waals surface area contributed by atoms with Gasteiger partial charge in [0.2, 0.25) is 0 Å². The Kier molecular flexibility index (Phi) is 5.63. The molecule has 0 saturated heterocycles. The van der Waals surface area contributed by atoms with Gasteiger partial charge in [0, 0.05) is 23.9 Å². The number of methoxy groups -OCH3 is 1.